The highest BCUT2D eigenvalue weighted by molar-refractivity contribution is 5.99. The molecule has 144 valence electrons. The topological polar surface area (TPSA) is 58.8 Å². The summed E-state index contributed by atoms with van der Waals surface area (Å²) in [6.45, 7) is 4.42. The summed E-state index contributed by atoms with van der Waals surface area (Å²) in [5, 5.41) is 0. The summed E-state index contributed by atoms with van der Waals surface area (Å²) in [6, 6.07) is 14.4. The maximum absolute atomic E-state index is 13.3. The fourth-order valence-corrected chi connectivity index (χ4v) is 4.43. The lowest BCUT2D eigenvalue weighted by Gasteiger charge is -2.53. The third kappa shape index (κ3) is 2.63. The second-order valence-electron chi connectivity index (χ2n) is 7.64. The van der Waals surface area contributed by atoms with E-state index in [0.29, 0.717) is 23.2 Å². The van der Waals surface area contributed by atoms with E-state index >= 15 is 0 Å². The van der Waals surface area contributed by atoms with E-state index in [-0.39, 0.29) is 11.9 Å². The summed E-state index contributed by atoms with van der Waals surface area (Å²) < 4.78 is 11.4. The van der Waals surface area contributed by atoms with Crippen LogP contribution in [0, 0.1) is 12.8 Å². The first-order valence-corrected chi connectivity index (χ1v) is 9.71. The van der Waals surface area contributed by atoms with Gasteiger partial charge in [-0.25, -0.2) is 0 Å². The van der Waals surface area contributed by atoms with Crippen molar-refractivity contribution in [1.29, 1.82) is 0 Å². The number of anilines is 1. The number of likely N-dealkylation sites (tertiary alicyclic amines) is 1. The van der Waals surface area contributed by atoms with E-state index in [1.165, 1.54) is 0 Å². The standard InChI is InChI=1S/C22H23N3O3/c1-14-6-5-9-19(27-2)20(14)21(26)25-12-15-10-11-24(13-17(15)25)22-23-16-7-3-4-8-18(16)28-22/h3-9,15,17H,10-13H2,1-2H3. The van der Waals surface area contributed by atoms with Crippen molar-refractivity contribution in [3.05, 3.63) is 53.6 Å². The summed E-state index contributed by atoms with van der Waals surface area (Å²) in [5.74, 6) is 1.23. The molecule has 2 saturated heterocycles. The van der Waals surface area contributed by atoms with Gasteiger partial charge in [0.05, 0.1) is 18.7 Å². The molecule has 28 heavy (non-hydrogen) atoms. The van der Waals surface area contributed by atoms with Gasteiger partial charge in [0, 0.05) is 25.6 Å². The predicted molar refractivity (Wildman–Crippen MR) is 107 cm³/mol. The number of carbonyl (C=O) groups is 1. The zero-order valence-electron chi connectivity index (χ0n) is 16.1. The Morgan fingerprint density at radius 3 is 2.86 bits per heavy atom. The van der Waals surface area contributed by atoms with Crippen LogP contribution in [0.5, 0.6) is 5.75 Å². The largest absolute Gasteiger partial charge is 0.496 e. The first kappa shape index (κ1) is 17.1. The molecule has 0 bridgehead atoms. The maximum Gasteiger partial charge on any atom is 0.298 e. The Kier molecular flexibility index (Phi) is 4.00. The van der Waals surface area contributed by atoms with Crippen molar-refractivity contribution in [2.24, 2.45) is 5.92 Å². The molecule has 6 nitrogen and oxygen atoms in total. The highest BCUT2D eigenvalue weighted by Crippen LogP contribution is 2.37. The number of amides is 1. The van der Waals surface area contributed by atoms with Gasteiger partial charge in [0.15, 0.2) is 5.58 Å². The fourth-order valence-electron chi connectivity index (χ4n) is 4.43. The number of aromatic nitrogens is 1. The van der Waals surface area contributed by atoms with E-state index in [1.807, 2.05) is 54.3 Å². The highest BCUT2D eigenvalue weighted by Gasteiger charge is 2.46. The molecule has 0 N–H and O–H groups in total. The first-order chi connectivity index (χ1) is 13.7. The molecule has 0 radical (unpaired) electrons. The van der Waals surface area contributed by atoms with Crippen LogP contribution in [0.2, 0.25) is 0 Å². The number of para-hydroxylation sites is 2. The van der Waals surface area contributed by atoms with Gasteiger partial charge >= 0.3 is 0 Å². The van der Waals surface area contributed by atoms with Crippen LogP contribution in [0.1, 0.15) is 22.3 Å². The second-order valence-corrected chi connectivity index (χ2v) is 7.64. The quantitative estimate of drug-likeness (QED) is 0.699. The van der Waals surface area contributed by atoms with Crippen LogP contribution in [-0.4, -0.2) is 48.6 Å². The number of hydrogen-bond acceptors (Lipinski definition) is 5. The molecule has 2 atom stereocenters. The summed E-state index contributed by atoms with van der Waals surface area (Å²) in [7, 11) is 1.61. The lowest BCUT2D eigenvalue weighted by atomic mass is 9.81. The van der Waals surface area contributed by atoms with Gasteiger partial charge in [0.2, 0.25) is 0 Å². The number of hydrogen-bond donors (Lipinski definition) is 0. The Bertz CT molecular complexity index is 1010. The zero-order chi connectivity index (χ0) is 19.3. The SMILES string of the molecule is COc1cccc(C)c1C(=O)N1CC2CCN(c3nc4ccccc4o3)CC21. The summed E-state index contributed by atoms with van der Waals surface area (Å²) >= 11 is 0. The van der Waals surface area contributed by atoms with Crippen LogP contribution < -0.4 is 9.64 Å². The van der Waals surface area contributed by atoms with Gasteiger partial charge in [-0.2, -0.15) is 4.98 Å². The van der Waals surface area contributed by atoms with Gasteiger partial charge in [0.1, 0.15) is 11.3 Å². The lowest BCUT2D eigenvalue weighted by Crippen LogP contribution is -2.65. The van der Waals surface area contributed by atoms with Gasteiger partial charge in [-0.1, -0.05) is 24.3 Å². The van der Waals surface area contributed by atoms with Crippen molar-refractivity contribution in [1.82, 2.24) is 9.88 Å². The Morgan fingerprint density at radius 1 is 1.18 bits per heavy atom. The van der Waals surface area contributed by atoms with E-state index in [9.17, 15) is 4.79 Å². The second kappa shape index (κ2) is 6.55. The molecule has 3 aromatic rings. The average Bonchev–Trinajstić information content (AvgIpc) is 3.12. The van der Waals surface area contributed by atoms with Crippen molar-refractivity contribution in [2.45, 2.75) is 19.4 Å². The first-order valence-electron chi connectivity index (χ1n) is 9.71. The normalized spacial score (nSPS) is 21.4. The van der Waals surface area contributed by atoms with Crippen LogP contribution >= 0.6 is 0 Å². The Labute approximate surface area is 163 Å². The minimum Gasteiger partial charge on any atom is -0.496 e. The summed E-state index contributed by atoms with van der Waals surface area (Å²) in [5.41, 5.74) is 3.28. The van der Waals surface area contributed by atoms with Gasteiger partial charge in [-0.15, -0.1) is 0 Å². The highest BCUT2D eigenvalue weighted by atomic mass is 16.5. The van der Waals surface area contributed by atoms with Crippen LogP contribution in [0.25, 0.3) is 11.1 Å². The van der Waals surface area contributed by atoms with E-state index in [2.05, 4.69) is 9.88 Å². The number of fused-ring (bicyclic) bond motifs is 2. The molecule has 2 unspecified atom stereocenters. The number of oxazole rings is 1. The molecule has 0 spiro atoms. The molecule has 0 aliphatic carbocycles. The number of methoxy groups -OCH3 is 1. The van der Waals surface area contributed by atoms with Crippen molar-refractivity contribution in [3.63, 3.8) is 0 Å². The van der Waals surface area contributed by atoms with E-state index in [4.69, 9.17) is 9.15 Å². The lowest BCUT2D eigenvalue weighted by molar-refractivity contribution is 0.00698. The average molecular weight is 377 g/mol. The Balaban J connectivity index is 1.38. The third-order valence-electron chi connectivity index (χ3n) is 6.04. The van der Waals surface area contributed by atoms with Crippen molar-refractivity contribution in [2.75, 3.05) is 31.6 Å². The van der Waals surface area contributed by atoms with Crippen molar-refractivity contribution in [3.8, 4) is 5.75 Å². The van der Waals surface area contributed by atoms with Crippen LogP contribution in [0.4, 0.5) is 6.01 Å². The fraction of sp³-hybridized carbons (Fsp3) is 0.364. The maximum atomic E-state index is 13.3. The van der Waals surface area contributed by atoms with Crippen LogP contribution in [0.15, 0.2) is 46.9 Å². The molecule has 2 aliphatic rings. The monoisotopic (exact) mass is 377 g/mol. The van der Waals surface area contributed by atoms with Gasteiger partial charge < -0.3 is 19.0 Å². The number of carbonyl (C=O) groups excluding carboxylic acids is 1. The molecule has 2 fully saturated rings. The minimum absolute atomic E-state index is 0.0515. The number of nitrogens with zero attached hydrogens (tertiary/aromatic N) is 3. The summed E-state index contributed by atoms with van der Waals surface area (Å²) in [6.07, 6.45) is 1.04. The Hall–Kier alpha value is -3.02. The Morgan fingerprint density at radius 2 is 2.04 bits per heavy atom. The van der Waals surface area contributed by atoms with E-state index < -0.39 is 0 Å². The number of ether oxygens (including phenoxy) is 1. The zero-order valence-corrected chi connectivity index (χ0v) is 16.1. The molecule has 2 aliphatic heterocycles. The molecule has 5 rings (SSSR count). The predicted octanol–water partition coefficient (Wildman–Crippen LogP) is 3.50. The van der Waals surface area contributed by atoms with Crippen LogP contribution in [0.3, 0.4) is 0 Å². The van der Waals surface area contributed by atoms with E-state index in [1.54, 1.807) is 7.11 Å². The molecule has 3 heterocycles. The molecular formula is C22H23N3O3. The smallest absolute Gasteiger partial charge is 0.298 e. The molecule has 1 aromatic heterocycles. The van der Waals surface area contributed by atoms with Gasteiger partial charge in [0.25, 0.3) is 11.9 Å². The minimum atomic E-state index is 0.0515. The molecule has 1 amide bonds. The number of aryl methyl sites for hydroxylation is 1. The molecule has 0 saturated carbocycles. The van der Waals surface area contributed by atoms with Gasteiger partial charge in [-0.3, -0.25) is 4.79 Å². The van der Waals surface area contributed by atoms with Crippen molar-refractivity contribution >= 4 is 23.0 Å². The molecule has 2 aromatic carbocycles. The van der Waals surface area contributed by atoms with Gasteiger partial charge in [-0.05, 0) is 37.1 Å². The number of benzene rings is 2. The van der Waals surface area contributed by atoms with E-state index in [0.717, 1.165) is 42.7 Å². The number of piperidine rings is 1. The summed E-state index contributed by atoms with van der Waals surface area (Å²) in [4.78, 5) is 22.0. The molecule has 6 heteroatoms. The molecular weight excluding hydrogens is 354 g/mol. The van der Waals surface area contributed by atoms with Crippen molar-refractivity contribution < 1.29 is 13.9 Å². The number of rotatable bonds is 3. The third-order valence-corrected chi connectivity index (χ3v) is 6.04. The van der Waals surface area contributed by atoms with Crippen LogP contribution in [-0.2, 0) is 0 Å².